The van der Waals surface area contributed by atoms with Gasteiger partial charge in [-0.1, -0.05) is 35.5 Å². The summed E-state index contributed by atoms with van der Waals surface area (Å²) in [6.45, 7) is 0. The van der Waals surface area contributed by atoms with Crippen molar-refractivity contribution in [2.24, 2.45) is 7.05 Å². The van der Waals surface area contributed by atoms with E-state index in [0.717, 1.165) is 6.20 Å². The van der Waals surface area contributed by atoms with Gasteiger partial charge in [0.05, 0.1) is 7.11 Å². The van der Waals surface area contributed by atoms with E-state index >= 15 is 0 Å². The summed E-state index contributed by atoms with van der Waals surface area (Å²) in [6.07, 6.45) is -3.63. The first-order chi connectivity index (χ1) is 17.6. The Morgan fingerprint density at radius 2 is 1.54 bits per heavy atom. The molecule has 0 spiro atoms. The van der Waals surface area contributed by atoms with Crippen molar-refractivity contribution in [1.82, 2.24) is 19.7 Å². The van der Waals surface area contributed by atoms with E-state index in [1.54, 1.807) is 30.3 Å². The smallest absolute Gasteiger partial charge is 0.434 e. The fourth-order valence-corrected chi connectivity index (χ4v) is 3.87. The fourth-order valence-electron chi connectivity index (χ4n) is 3.87. The molecule has 2 aromatic heterocycles. The molecule has 0 saturated heterocycles. The maximum Gasteiger partial charge on any atom is 0.434 e. The van der Waals surface area contributed by atoms with Crippen LogP contribution in [-0.4, -0.2) is 26.8 Å². The maximum absolute atomic E-state index is 14.3. The van der Waals surface area contributed by atoms with Crippen molar-refractivity contribution < 1.29 is 31.2 Å². The van der Waals surface area contributed by atoms with E-state index in [0.29, 0.717) is 27.8 Å². The molecule has 2 heterocycles. The van der Waals surface area contributed by atoms with Crippen molar-refractivity contribution in [2.45, 2.75) is 6.18 Å². The second-order valence-electron chi connectivity index (χ2n) is 8.10. The van der Waals surface area contributed by atoms with Crippen LogP contribution in [0.15, 0.2) is 71.4 Å². The van der Waals surface area contributed by atoms with Gasteiger partial charge in [0.1, 0.15) is 11.6 Å². The predicted octanol–water partition coefficient (Wildman–Crippen LogP) is 6.78. The summed E-state index contributed by atoms with van der Waals surface area (Å²) in [6, 6.07) is 14.6. The summed E-state index contributed by atoms with van der Waals surface area (Å²) in [5.41, 5.74) is 1.11. The molecular weight excluding hydrogens is 495 g/mol. The average molecular weight is 512 g/mol. The number of rotatable bonds is 5. The van der Waals surface area contributed by atoms with E-state index in [4.69, 9.17) is 9.26 Å². The SMILES string of the molecule is COc1ccc(-c2cc(F)ccc2-c2nc(-c3ccc(-c4nc(C(F)(F)F)cn4C)cc3)no2)cc1F. The van der Waals surface area contributed by atoms with Crippen LogP contribution in [0.25, 0.3) is 45.4 Å². The van der Waals surface area contributed by atoms with Crippen molar-refractivity contribution in [1.29, 1.82) is 0 Å². The highest BCUT2D eigenvalue weighted by Crippen LogP contribution is 2.35. The van der Waals surface area contributed by atoms with Gasteiger partial charge in [0.2, 0.25) is 5.82 Å². The minimum Gasteiger partial charge on any atom is -0.494 e. The molecule has 11 heteroatoms. The standard InChI is InChI=1S/C26H17F5N4O2/c1-35-13-22(26(29,30)31)32-24(35)15-5-3-14(4-6-15)23-33-25(37-34-23)18-9-8-17(27)12-19(18)16-7-10-21(36-2)20(28)11-16/h3-13H,1-2H3. The number of hydrogen-bond donors (Lipinski definition) is 0. The van der Waals surface area contributed by atoms with Gasteiger partial charge in [-0.25, -0.2) is 13.8 Å². The third-order valence-corrected chi connectivity index (χ3v) is 5.67. The molecule has 0 saturated carbocycles. The maximum atomic E-state index is 14.3. The molecule has 6 nitrogen and oxygen atoms in total. The van der Waals surface area contributed by atoms with Gasteiger partial charge in [-0.2, -0.15) is 18.2 Å². The molecule has 37 heavy (non-hydrogen) atoms. The highest BCUT2D eigenvalue weighted by molar-refractivity contribution is 5.81. The first-order valence-corrected chi connectivity index (χ1v) is 10.8. The number of halogens is 5. The van der Waals surface area contributed by atoms with E-state index in [9.17, 15) is 22.0 Å². The third-order valence-electron chi connectivity index (χ3n) is 5.67. The fraction of sp³-hybridized carbons (Fsp3) is 0.115. The number of hydrogen-bond acceptors (Lipinski definition) is 5. The van der Waals surface area contributed by atoms with Crippen molar-refractivity contribution in [3.05, 3.63) is 84.2 Å². The van der Waals surface area contributed by atoms with E-state index < -0.39 is 23.5 Å². The van der Waals surface area contributed by atoms with Gasteiger partial charge in [0.25, 0.3) is 5.89 Å². The van der Waals surface area contributed by atoms with Crippen LogP contribution in [0.1, 0.15) is 5.69 Å². The van der Waals surface area contributed by atoms with Crippen LogP contribution in [0, 0.1) is 11.6 Å². The number of imidazole rings is 1. The summed E-state index contributed by atoms with van der Waals surface area (Å²) >= 11 is 0. The molecule has 3 aromatic carbocycles. The Balaban J connectivity index is 1.47. The monoisotopic (exact) mass is 512 g/mol. The van der Waals surface area contributed by atoms with Gasteiger partial charge in [-0.05, 0) is 41.5 Å². The second-order valence-corrected chi connectivity index (χ2v) is 8.10. The minimum absolute atomic E-state index is 0.0467. The number of nitrogens with zero attached hydrogens (tertiary/aromatic N) is 4. The molecule has 188 valence electrons. The normalized spacial score (nSPS) is 11.6. The zero-order valence-electron chi connectivity index (χ0n) is 19.3. The summed E-state index contributed by atoms with van der Waals surface area (Å²) < 4.78 is 79.0. The molecule has 0 amide bonds. The van der Waals surface area contributed by atoms with Crippen LogP contribution in [0.2, 0.25) is 0 Å². The quantitative estimate of drug-likeness (QED) is 0.243. The van der Waals surface area contributed by atoms with E-state index in [1.165, 1.54) is 49.1 Å². The van der Waals surface area contributed by atoms with Crippen LogP contribution in [0.4, 0.5) is 22.0 Å². The molecule has 0 N–H and O–H groups in total. The molecule has 5 aromatic rings. The largest absolute Gasteiger partial charge is 0.494 e. The second kappa shape index (κ2) is 9.16. The Labute approximate surface area is 207 Å². The van der Waals surface area contributed by atoms with E-state index in [2.05, 4.69) is 15.1 Å². The first-order valence-electron chi connectivity index (χ1n) is 10.8. The topological polar surface area (TPSA) is 66.0 Å². The number of aromatic nitrogens is 4. The van der Waals surface area contributed by atoms with Crippen LogP contribution < -0.4 is 4.74 Å². The van der Waals surface area contributed by atoms with Gasteiger partial charge in [0.15, 0.2) is 17.3 Å². The average Bonchev–Trinajstić information content (AvgIpc) is 3.51. The third kappa shape index (κ3) is 4.67. The lowest BCUT2D eigenvalue weighted by atomic mass is 9.99. The number of alkyl halides is 3. The Kier molecular flexibility index (Phi) is 5.98. The number of aryl methyl sites for hydroxylation is 1. The Hall–Kier alpha value is -4.54. The van der Waals surface area contributed by atoms with Gasteiger partial charge >= 0.3 is 6.18 Å². The molecule has 0 atom stereocenters. The highest BCUT2D eigenvalue weighted by atomic mass is 19.4. The summed E-state index contributed by atoms with van der Waals surface area (Å²) in [5.74, 6) is -0.677. The van der Waals surface area contributed by atoms with Crippen molar-refractivity contribution in [3.63, 3.8) is 0 Å². The molecule has 5 rings (SSSR count). The molecule has 0 aliphatic rings. The van der Waals surface area contributed by atoms with Crippen LogP contribution in [0.3, 0.4) is 0 Å². The number of benzene rings is 3. The predicted molar refractivity (Wildman–Crippen MR) is 124 cm³/mol. The van der Waals surface area contributed by atoms with Gasteiger partial charge < -0.3 is 13.8 Å². The zero-order chi connectivity index (χ0) is 26.3. The lowest BCUT2D eigenvalue weighted by Crippen LogP contribution is -2.04. The molecular formula is C26H17F5N4O2. The van der Waals surface area contributed by atoms with Gasteiger partial charge in [-0.3, -0.25) is 0 Å². The number of methoxy groups -OCH3 is 1. The Morgan fingerprint density at radius 1 is 0.838 bits per heavy atom. The van der Waals surface area contributed by atoms with Gasteiger partial charge in [0, 0.05) is 29.9 Å². The zero-order valence-corrected chi connectivity index (χ0v) is 19.3. The van der Waals surface area contributed by atoms with Crippen LogP contribution in [0.5, 0.6) is 5.75 Å². The molecule has 0 aliphatic heterocycles. The van der Waals surface area contributed by atoms with Crippen LogP contribution in [-0.2, 0) is 13.2 Å². The lowest BCUT2D eigenvalue weighted by Gasteiger charge is -2.09. The van der Waals surface area contributed by atoms with Crippen molar-refractivity contribution >= 4 is 0 Å². The Bertz CT molecular complexity index is 1590. The molecule has 0 radical (unpaired) electrons. The number of ether oxygens (including phenoxy) is 1. The van der Waals surface area contributed by atoms with Crippen molar-refractivity contribution in [3.8, 4) is 51.1 Å². The Morgan fingerprint density at radius 3 is 2.19 bits per heavy atom. The summed E-state index contributed by atoms with van der Waals surface area (Å²) in [5, 5.41) is 3.98. The molecule has 0 fully saturated rings. The lowest BCUT2D eigenvalue weighted by molar-refractivity contribution is -0.140. The van der Waals surface area contributed by atoms with Crippen LogP contribution >= 0.6 is 0 Å². The summed E-state index contributed by atoms with van der Waals surface area (Å²) in [4.78, 5) is 8.07. The van der Waals surface area contributed by atoms with Crippen molar-refractivity contribution in [2.75, 3.05) is 7.11 Å². The van der Waals surface area contributed by atoms with Gasteiger partial charge in [-0.15, -0.1) is 0 Å². The summed E-state index contributed by atoms with van der Waals surface area (Å²) in [7, 11) is 2.82. The molecule has 0 bridgehead atoms. The first kappa shape index (κ1) is 24.2. The minimum atomic E-state index is -4.55. The highest BCUT2D eigenvalue weighted by Gasteiger charge is 2.34. The van der Waals surface area contributed by atoms with E-state index in [-0.39, 0.29) is 23.3 Å². The molecule has 0 unspecified atom stereocenters. The molecule has 0 aliphatic carbocycles. The van der Waals surface area contributed by atoms with E-state index in [1.807, 2.05) is 0 Å².